The molecule has 0 saturated carbocycles. The number of hydrogen-bond donors (Lipinski definition) is 1. The first-order chi connectivity index (χ1) is 6.72. The van der Waals surface area contributed by atoms with E-state index in [-0.39, 0.29) is 0 Å². The molecule has 0 unspecified atom stereocenters. The van der Waals surface area contributed by atoms with Gasteiger partial charge >= 0.3 is 0 Å². The Hall–Kier alpha value is -0.380. The molecule has 0 aromatic rings. The van der Waals surface area contributed by atoms with Crippen LogP contribution in [0.3, 0.4) is 0 Å². The molecule has 14 heavy (non-hydrogen) atoms. The Labute approximate surface area is 87.8 Å². The van der Waals surface area contributed by atoms with Crippen LogP contribution in [0.1, 0.15) is 6.42 Å². The van der Waals surface area contributed by atoms with Crippen molar-refractivity contribution in [3.05, 3.63) is 12.2 Å². The summed E-state index contributed by atoms with van der Waals surface area (Å²) in [6.45, 7) is 11.0. The zero-order valence-electron chi connectivity index (χ0n) is 9.55. The van der Waals surface area contributed by atoms with Gasteiger partial charge in [0, 0.05) is 32.7 Å². The maximum atomic E-state index is 4.11. The standard InChI is InChI=1S/C11H23N3/c1-11(4-5-12-2)10-14-8-6-13(3)7-9-14/h12H,1,4-10H2,2-3H3. The molecule has 1 heterocycles. The quantitative estimate of drug-likeness (QED) is 0.644. The molecule has 1 aliphatic rings. The van der Waals surface area contributed by atoms with Gasteiger partial charge < -0.3 is 10.2 Å². The molecular formula is C11H23N3. The normalized spacial score (nSPS) is 19.9. The van der Waals surface area contributed by atoms with Gasteiger partial charge in [-0.3, -0.25) is 4.90 Å². The summed E-state index contributed by atoms with van der Waals surface area (Å²) >= 11 is 0. The Morgan fingerprint density at radius 3 is 2.50 bits per heavy atom. The molecule has 1 N–H and O–H groups in total. The van der Waals surface area contributed by atoms with Gasteiger partial charge in [-0.1, -0.05) is 12.2 Å². The van der Waals surface area contributed by atoms with Crippen molar-refractivity contribution in [1.82, 2.24) is 15.1 Å². The van der Waals surface area contributed by atoms with E-state index in [2.05, 4.69) is 28.7 Å². The third-order valence-corrected chi connectivity index (χ3v) is 2.77. The first-order valence-corrected chi connectivity index (χ1v) is 5.44. The highest BCUT2D eigenvalue weighted by Gasteiger charge is 2.13. The van der Waals surface area contributed by atoms with E-state index in [1.807, 2.05) is 7.05 Å². The van der Waals surface area contributed by atoms with E-state index in [0.717, 1.165) is 19.5 Å². The molecule has 0 spiro atoms. The minimum absolute atomic E-state index is 1.05. The summed E-state index contributed by atoms with van der Waals surface area (Å²) in [7, 11) is 4.18. The Kier molecular flexibility index (Phi) is 5.15. The molecule has 0 aliphatic carbocycles. The molecule has 1 fully saturated rings. The Balaban J connectivity index is 2.14. The van der Waals surface area contributed by atoms with Gasteiger partial charge in [0.05, 0.1) is 0 Å². The van der Waals surface area contributed by atoms with Crippen LogP contribution in [0.25, 0.3) is 0 Å². The average molecular weight is 197 g/mol. The lowest BCUT2D eigenvalue weighted by Gasteiger charge is -2.32. The van der Waals surface area contributed by atoms with Crippen LogP contribution in [-0.4, -0.2) is 63.2 Å². The van der Waals surface area contributed by atoms with Crippen LogP contribution in [0, 0.1) is 0 Å². The Morgan fingerprint density at radius 2 is 1.93 bits per heavy atom. The highest BCUT2D eigenvalue weighted by Crippen LogP contribution is 2.04. The third kappa shape index (κ3) is 4.22. The minimum Gasteiger partial charge on any atom is -0.319 e. The fraction of sp³-hybridized carbons (Fsp3) is 0.818. The topological polar surface area (TPSA) is 18.5 Å². The molecule has 0 aromatic carbocycles. The van der Waals surface area contributed by atoms with Gasteiger partial charge in [0.2, 0.25) is 0 Å². The fourth-order valence-electron chi connectivity index (χ4n) is 1.70. The van der Waals surface area contributed by atoms with Crippen molar-refractivity contribution in [2.75, 3.05) is 53.4 Å². The predicted molar refractivity (Wildman–Crippen MR) is 61.6 cm³/mol. The minimum atomic E-state index is 1.05. The van der Waals surface area contributed by atoms with Gasteiger partial charge in [0.1, 0.15) is 0 Å². The van der Waals surface area contributed by atoms with Gasteiger partial charge in [-0.25, -0.2) is 0 Å². The molecule has 1 saturated heterocycles. The summed E-state index contributed by atoms with van der Waals surface area (Å²) in [4.78, 5) is 4.88. The second kappa shape index (κ2) is 6.17. The van der Waals surface area contributed by atoms with E-state index < -0.39 is 0 Å². The van der Waals surface area contributed by atoms with E-state index in [9.17, 15) is 0 Å². The molecule has 82 valence electrons. The highest BCUT2D eigenvalue weighted by molar-refractivity contribution is 4.98. The molecule has 0 atom stereocenters. The SMILES string of the molecule is C=C(CCNC)CN1CCN(C)CC1. The van der Waals surface area contributed by atoms with Crippen LogP contribution in [0.4, 0.5) is 0 Å². The monoisotopic (exact) mass is 197 g/mol. The summed E-state index contributed by atoms with van der Waals surface area (Å²) in [5.41, 5.74) is 1.35. The molecule has 1 aliphatic heterocycles. The number of nitrogens with zero attached hydrogens (tertiary/aromatic N) is 2. The van der Waals surface area contributed by atoms with Gasteiger partial charge in [-0.2, -0.15) is 0 Å². The average Bonchev–Trinajstić information content (AvgIpc) is 2.18. The molecule has 3 heteroatoms. The summed E-state index contributed by atoms with van der Waals surface area (Å²) in [6.07, 6.45) is 1.10. The van der Waals surface area contributed by atoms with Crippen molar-refractivity contribution >= 4 is 0 Å². The molecule has 0 amide bonds. The fourth-order valence-corrected chi connectivity index (χ4v) is 1.70. The van der Waals surface area contributed by atoms with Crippen LogP contribution >= 0.6 is 0 Å². The lowest BCUT2D eigenvalue weighted by molar-refractivity contribution is 0.163. The second-order valence-electron chi connectivity index (χ2n) is 4.18. The summed E-state index contributed by atoms with van der Waals surface area (Å²) < 4.78 is 0. The van der Waals surface area contributed by atoms with Crippen molar-refractivity contribution in [2.45, 2.75) is 6.42 Å². The van der Waals surface area contributed by atoms with Gasteiger partial charge in [0.15, 0.2) is 0 Å². The number of nitrogens with one attached hydrogen (secondary N) is 1. The van der Waals surface area contributed by atoms with E-state index in [1.54, 1.807) is 0 Å². The summed E-state index contributed by atoms with van der Waals surface area (Å²) in [5, 5.41) is 3.16. The highest BCUT2D eigenvalue weighted by atomic mass is 15.2. The zero-order valence-corrected chi connectivity index (χ0v) is 9.55. The third-order valence-electron chi connectivity index (χ3n) is 2.77. The lowest BCUT2D eigenvalue weighted by atomic mass is 10.2. The van der Waals surface area contributed by atoms with Crippen molar-refractivity contribution in [3.63, 3.8) is 0 Å². The number of rotatable bonds is 5. The van der Waals surface area contributed by atoms with Gasteiger partial charge in [0.25, 0.3) is 0 Å². The molecule has 3 nitrogen and oxygen atoms in total. The molecule has 0 radical (unpaired) electrons. The van der Waals surface area contributed by atoms with Crippen molar-refractivity contribution in [3.8, 4) is 0 Å². The van der Waals surface area contributed by atoms with Crippen LogP contribution in [0.2, 0.25) is 0 Å². The summed E-state index contributed by atoms with van der Waals surface area (Å²) in [5.74, 6) is 0. The first kappa shape index (κ1) is 11.7. The number of piperazine rings is 1. The zero-order chi connectivity index (χ0) is 10.4. The van der Waals surface area contributed by atoms with Crippen molar-refractivity contribution < 1.29 is 0 Å². The lowest BCUT2D eigenvalue weighted by Crippen LogP contribution is -2.45. The Morgan fingerprint density at radius 1 is 1.29 bits per heavy atom. The van der Waals surface area contributed by atoms with Crippen LogP contribution < -0.4 is 5.32 Å². The van der Waals surface area contributed by atoms with Crippen molar-refractivity contribution in [2.24, 2.45) is 0 Å². The van der Waals surface area contributed by atoms with Crippen molar-refractivity contribution in [1.29, 1.82) is 0 Å². The molecule has 1 rings (SSSR count). The number of hydrogen-bond acceptors (Lipinski definition) is 3. The maximum Gasteiger partial charge on any atom is 0.0191 e. The molecule has 0 aromatic heterocycles. The predicted octanol–water partition coefficient (Wildman–Crippen LogP) is 0.400. The van der Waals surface area contributed by atoms with E-state index in [4.69, 9.17) is 0 Å². The first-order valence-electron chi connectivity index (χ1n) is 5.44. The maximum absolute atomic E-state index is 4.11. The van der Waals surface area contributed by atoms with Crippen LogP contribution in [0.15, 0.2) is 12.2 Å². The number of likely N-dealkylation sites (N-methyl/N-ethyl adjacent to an activating group) is 1. The van der Waals surface area contributed by atoms with E-state index in [0.29, 0.717) is 0 Å². The van der Waals surface area contributed by atoms with Gasteiger partial charge in [-0.15, -0.1) is 0 Å². The molecular weight excluding hydrogens is 174 g/mol. The molecule has 0 bridgehead atoms. The largest absolute Gasteiger partial charge is 0.319 e. The van der Waals surface area contributed by atoms with Crippen LogP contribution in [0.5, 0.6) is 0 Å². The smallest absolute Gasteiger partial charge is 0.0191 e. The van der Waals surface area contributed by atoms with E-state index >= 15 is 0 Å². The van der Waals surface area contributed by atoms with E-state index in [1.165, 1.54) is 31.8 Å². The summed E-state index contributed by atoms with van der Waals surface area (Å²) in [6, 6.07) is 0. The second-order valence-corrected chi connectivity index (χ2v) is 4.18. The Bertz CT molecular complexity index is 171. The van der Waals surface area contributed by atoms with Crippen LogP contribution in [-0.2, 0) is 0 Å². The van der Waals surface area contributed by atoms with Gasteiger partial charge in [-0.05, 0) is 27.1 Å².